The van der Waals surface area contributed by atoms with Crippen LogP contribution in [0.15, 0.2) is 85.1 Å². The number of hydrogen-bond acceptors (Lipinski definition) is 5. The van der Waals surface area contributed by atoms with Gasteiger partial charge in [0.25, 0.3) is 0 Å². The van der Waals surface area contributed by atoms with Gasteiger partial charge >= 0.3 is 11.9 Å². The second-order valence-corrected chi connectivity index (χ2v) is 17.0. The van der Waals surface area contributed by atoms with Gasteiger partial charge in [-0.1, -0.05) is 202 Å². The standard InChI is InChI=1S/C57H98O5/c1-4-7-10-13-16-19-22-25-28-29-31-32-35-38-41-44-47-50-56(58)61-54-55(53-60-52-49-46-43-40-37-34-27-24-21-18-15-12-9-6-3)62-57(59)51-48-45-42-39-36-33-30-26-23-20-17-14-11-8-5-2/h7,10,16,19,21,24-26,28,30-32,38,41,55H,4-6,8-9,11-15,17-18,20,22-23,27,29,33-37,39-40,42-54H2,1-3H3/b10-7-,19-16-,24-21-,28-25-,30-26-,32-31-,41-38-. The summed E-state index contributed by atoms with van der Waals surface area (Å²) < 4.78 is 17.3. The molecule has 5 heteroatoms. The minimum absolute atomic E-state index is 0.0474. The fourth-order valence-electron chi connectivity index (χ4n) is 7.00. The Morgan fingerprint density at radius 1 is 0.371 bits per heavy atom. The van der Waals surface area contributed by atoms with E-state index in [0.29, 0.717) is 19.4 Å². The van der Waals surface area contributed by atoms with Gasteiger partial charge in [0.15, 0.2) is 6.10 Å². The van der Waals surface area contributed by atoms with Gasteiger partial charge in [-0.2, -0.15) is 0 Å². The molecule has 0 bridgehead atoms. The fourth-order valence-corrected chi connectivity index (χ4v) is 7.00. The minimum Gasteiger partial charge on any atom is -0.462 e. The zero-order valence-corrected chi connectivity index (χ0v) is 40.9. The van der Waals surface area contributed by atoms with Crippen molar-refractivity contribution in [1.82, 2.24) is 0 Å². The molecule has 0 radical (unpaired) electrons. The molecular formula is C57H98O5. The summed E-state index contributed by atoms with van der Waals surface area (Å²) in [6.45, 7) is 7.62. The van der Waals surface area contributed by atoms with E-state index in [1.54, 1.807) is 0 Å². The molecule has 0 saturated heterocycles. The summed E-state index contributed by atoms with van der Waals surface area (Å²) in [6.07, 6.45) is 68.8. The maximum atomic E-state index is 12.8. The molecule has 0 heterocycles. The first-order valence-electron chi connectivity index (χ1n) is 26.1. The molecule has 0 amide bonds. The van der Waals surface area contributed by atoms with E-state index in [-0.39, 0.29) is 25.2 Å². The van der Waals surface area contributed by atoms with E-state index in [9.17, 15) is 9.59 Å². The van der Waals surface area contributed by atoms with Crippen molar-refractivity contribution in [1.29, 1.82) is 0 Å². The molecule has 1 atom stereocenters. The lowest BCUT2D eigenvalue weighted by Crippen LogP contribution is -2.30. The molecule has 0 fully saturated rings. The van der Waals surface area contributed by atoms with Gasteiger partial charge < -0.3 is 14.2 Å². The summed E-state index contributed by atoms with van der Waals surface area (Å²) in [7, 11) is 0. The van der Waals surface area contributed by atoms with Gasteiger partial charge in [0.05, 0.1) is 6.61 Å². The highest BCUT2D eigenvalue weighted by molar-refractivity contribution is 5.70. The predicted octanol–water partition coefficient (Wildman–Crippen LogP) is 17.7. The number of unbranched alkanes of at least 4 members (excludes halogenated alkanes) is 22. The van der Waals surface area contributed by atoms with Gasteiger partial charge in [-0.05, 0) is 109 Å². The number of rotatable bonds is 47. The van der Waals surface area contributed by atoms with E-state index in [0.717, 1.165) is 83.5 Å². The summed E-state index contributed by atoms with van der Waals surface area (Å²) >= 11 is 0. The van der Waals surface area contributed by atoms with Gasteiger partial charge in [-0.3, -0.25) is 9.59 Å². The second kappa shape index (κ2) is 52.4. The van der Waals surface area contributed by atoms with E-state index in [2.05, 4.69) is 106 Å². The Morgan fingerprint density at radius 3 is 1.24 bits per heavy atom. The highest BCUT2D eigenvalue weighted by atomic mass is 16.6. The molecular weight excluding hydrogens is 765 g/mol. The molecule has 0 saturated carbocycles. The summed E-state index contributed by atoms with van der Waals surface area (Å²) in [5.41, 5.74) is 0. The van der Waals surface area contributed by atoms with Gasteiger partial charge in [0.2, 0.25) is 0 Å². The van der Waals surface area contributed by atoms with Crippen LogP contribution < -0.4 is 0 Å². The Kier molecular flexibility index (Phi) is 50.0. The maximum Gasteiger partial charge on any atom is 0.306 e. The van der Waals surface area contributed by atoms with Crippen LogP contribution >= 0.6 is 0 Å². The number of esters is 2. The summed E-state index contributed by atoms with van der Waals surface area (Å²) in [6, 6.07) is 0. The second-order valence-electron chi connectivity index (χ2n) is 17.0. The third-order valence-electron chi connectivity index (χ3n) is 10.9. The van der Waals surface area contributed by atoms with E-state index in [1.165, 1.54) is 122 Å². The molecule has 5 nitrogen and oxygen atoms in total. The van der Waals surface area contributed by atoms with Crippen LogP contribution in [0.25, 0.3) is 0 Å². The minimum atomic E-state index is -0.569. The van der Waals surface area contributed by atoms with Crippen LogP contribution in [0.5, 0.6) is 0 Å². The maximum absolute atomic E-state index is 12.8. The zero-order chi connectivity index (χ0) is 44.9. The van der Waals surface area contributed by atoms with E-state index >= 15 is 0 Å². The van der Waals surface area contributed by atoms with Crippen LogP contribution in [0, 0.1) is 0 Å². The van der Waals surface area contributed by atoms with E-state index in [4.69, 9.17) is 14.2 Å². The number of ether oxygens (including phenoxy) is 3. The van der Waals surface area contributed by atoms with Crippen molar-refractivity contribution in [2.24, 2.45) is 0 Å². The molecule has 0 aromatic rings. The number of hydrogen-bond donors (Lipinski definition) is 0. The largest absolute Gasteiger partial charge is 0.462 e. The molecule has 0 rings (SSSR count). The molecule has 356 valence electrons. The van der Waals surface area contributed by atoms with Crippen molar-refractivity contribution in [3.63, 3.8) is 0 Å². The topological polar surface area (TPSA) is 61.8 Å². The molecule has 0 aliphatic heterocycles. The molecule has 0 aliphatic rings. The average molecular weight is 863 g/mol. The smallest absolute Gasteiger partial charge is 0.306 e. The highest BCUT2D eigenvalue weighted by Gasteiger charge is 2.17. The molecule has 0 aromatic carbocycles. The van der Waals surface area contributed by atoms with E-state index < -0.39 is 6.10 Å². The fraction of sp³-hybridized carbons (Fsp3) is 0.719. The van der Waals surface area contributed by atoms with Crippen molar-refractivity contribution in [2.75, 3.05) is 19.8 Å². The average Bonchev–Trinajstić information content (AvgIpc) is 3.27. The van der Waals surface area contributed by atoms with Gasteiger partial charge in [0.1, 0.15) is 6.61 Å². The lowest BCUT2D eigenvalue weighted by Gasteiger charge is -2.18. The number of allylic oxidation sites excluding steroid dienone is 14. The van der Waals surface area contributed by atoms with Gasteiger partial charge in [0, 0.05) is 19.4 Å². The van der Waals surface area contributed by atoms with Gasteiger partial charge in [-0.25, -0.2) is 0 Å². The molecule has 1 unspecified atom stereocenters. The summed E-state index contributed by atoms with van der Waals surface area (Å²) in [5, 5.41) is 0. The Labute approximate surface area is 384 Å². The van der Waals surface area contributed by atoms with Crippen LogP contribution in [-0.2, 0) is 23.8 Å². The zero-order valence-electron chi connectivity index (χ0n) is 40.9. The Balaban J connectivity index is 4.39. The molecule has 0 aromatic heterocycles. The summed E-state index contributed by atoms with van der Waals surface area (Å²) in [5.74, 6) is -0.477. The van der Waals surface area contributed by atoms with Crippen molar-refractivity contribution in [3.05, 3.63) is 85.1 Å². The Morgan fingerprint density at radius 2 is 0.742 bits per heavy atom. The number of carbonyl (C=O) groups is 2. The van der Waals surface area contributed by atoms with Crippen LogP contribution in [0.3, 0.4) is 0 Å². The van der Waals surface area contributed by atoms with Crippen LogP contribution in [0.1, 0.15) is 239 Å². The molecule has 0 aliphatic carbocycles. The van der Waals surface area contributed by atoms with Crippen LogP contribution in [-0.4, -0.2) is 37.9 Å². The monoisotopic (exact) mass is 863 g/mol. The Hall–Kier alpha value is -2.92. The SMILES string of the molecule is CC/C=C\C/C=C\C/C=C\C/C=C\C/C=C\CCCC(=O)OCC(COCCCCCCCC/C=C\CCCCCC)OC(=O)CCCCCCC/C=C\CCCCCCCC. The molecule has 0 spiro atoms. The lowest BCUT2D eigenvalue weighted by molar-refractivity contribution is -0.163. The molecule has 62 heavy (non-hydrogen) atoms. The first-order chi connectivity index (χ1) is 30.6. The number of carbonyl (C=O) groups excluding carboxylic acids is 2. The summed E-state index contributed by atoms with van der Waals surface area (Å²) in [4.78, 5) is 25.4. The lowest BCUT2D eigenvalue weighted by atomic mass is 10.1. The molecule has 0 N–H and O–H groups in total. The normalized spacial score (nSPS) is 12.9. The van der Waals surface area contributed by atoms with Crippen molar-refractivity contribution in [3.8, 4) is 0 Å². The third-order valence-corrected chi connectivity index (χ3v) is 10.9. The van der Waals surface area contributed by atoms with Crippen molar-refractivity contribution in [2.45, 2.75) is 245 Å². The third kappa shape index (κ3) is 49.7. The van der Waals surface area contributed by atoms with Crippen molar-refractivity contribution < 1.29 is 23.8 Å². The van der Waals surface area contributed by atoms with E-state index in [1.807, 2.05) is 0 Å². The van der Waals surface area contributed by atoms with Crippen molar-refractivity contribution >= 4 is 11.9 Å². The highest BCUT2D eigenvalue weighted by Crippen LogP contribution is 2.13. The quantitative estimate of drug-likeness (QED) is 0.0346. The van der Waals surface area contributed by atoms with Crippen LogP contribution in [0.2, 0.25) is 0 Å². The first-order valence-corrected chi connectivity index (χ1v) is 26.1. The van der Waals surface area contributed by atoms with Crippen LogP contribution in [0.4, 0.5) is 0 Å². The Bertz CT molecular complexity index is 1160. The van der Waals surface area contributed by atoms with Gasteiger partial charge in [-0.15, -0.1) is 0 Å². The first kappa shape index (κ1) is 59.1. The predicted molar refractivity (Wildman–Crippen MR) is 270 cm³/mol.